The van der Waals surface area contributed by atoms with Gasteiger partial charge in [-0.05, 0) is 24.6 Å². The van der Waals surface area contributed by atoms with Gasteiger partial charge in [0.15, 0.2) is 0 Å². The van der Waals surface area contributed by atoms with Crippen molar-refractivity contribution in [2.75, 3.05) is 0 Å². The van der Waals surface area contributed by atoms with Crippen LogP contribution in [0.25, 0.3) is 11.3 Å². The van der Waals surface area contributed by atoms with Crippen LogP contribution < -0.4 is 11.2 Å². The van der Waals surface area contributed by atoms with Gasteiger partial charge in [0.05, 0.1) is 5.69 Å². The standard InChI is InChI=1S/C12H11ClN2O2/c1-2-15-11(16)7-10(14-12(15)17)8-4-3-5-9(13)6-8/h3-7H,2H2,1H3,(H,14,17). The highest BCUT2D eigenvalue weighted by Crippen LogP contribution is 2.18. The third kappa shape index (κ3) is 2.31. The van der Waals surface area contributed by atoms with E-state index < -0.39 is 5.69 Å². The Labute approximate surface area is 102 Å². The van der Waals surface area contributed by atoms with E-state index in [1.165, 1.54) is 6.07 Å². The zero-order valence-corrected chi connectivity index (χ0v) is 9.99. The molecule has 0 radical (unpaired) electrons. The Kier molecular flexibility index (Phi) is 3.15. The summed E-state index contributed by atoms with van der Waals surface area (Å²) in [6.07, 6.45) is 0. The topological polar surface area (TPSA) is 54.9 Å². The molecule has 0 amide bonds. The summed E-state index contributed by atoms with van der Waals surface area (Å²) in [6.45, 7) is 2.10. The maximum absolute atomic E-state index is 11.7. The first kappa shape index (κ1) is 11.7. The van der Waals surface area contributed by atoms with Crippen molar-refractivity contribution in [3.05, 3.63) is 56.2 Å². The van der Waals surface area contributed by atoms with E-state index >= 15 is 0 Å². The molecule has 1 aromatic carbocycles. The first-order valence-electron chi connectivity index (χ1n) is 5.22. The molecule has 17 heavy (non-hydrogen) atoms. The number of benzene rings is 1. The number of aromatic amines is 1. The number of hydrogen-bond acceptors (Lipinski definition) is 2. The summed E-state index contributed by atoms with van der Waals surface area (Å²) < 4.78 is 1.13. The molecule has 0 atom stereocenters. The summed E-state index contributed by atoms with van der Waals surface area (Å²) in [5.74, 6) is 0. The van der Waals surface area contributed by atoms with Crippen LogP contribution in [0.4, 0.5) is 0 Å². The van der Waals surface area contributed by atoms with Gasteiger partial charge in [0.2, 0.25) is 0 Å². The molecule has 0 unspecified atom stereocenters. The number of halogens is 1. The van der Waals surface area contributed by atoms with E-state index in [2.05, 4.69) is 4.98 Å². The summed E-state index contributed by atoms with van der Waals surface area (Å²) in [5.41, 5.74) is 0.475. The molecule has 0 aliphatic rings. The highest BCUT2D eigenvalue weighted by molar-refractivity contribution is 6.30. The van der Waals surface area contributed by atoms with E-state index in [9.17, 15) is 9.59 Å². The molecule has 0 aliphatic heterocycles. The van der Waals surface area contributed by atoms with Crippen LogP contribution in [0, 0.1) is 0 Å². The van der Waals surface area contributed by atoms with Gasteiger partial charge in [0.25, 0.3) is 5.56 Å². The molecule has 1 aromatic heterocycles. The Hall–Kier alpha value is -1.81. The van der Waals surface area contributed by atoms with Crippen LogP contribution >= 0.6 is 11.6 Å². The van der Waals surface area contributed by atoms with Gasteiger partial charge in [-0.25, -0.2) is 4.79 Å². The molecule has 4 nitrogen and oxygen atoms in total. The second-order valence-corrected chi connectivity index (χ2v) is 4.02. The molecule has 0 saturated carbocycles. The number of aromatic nitrogens is 2. The Bertz CT molecular complexity index is 627. The van der Waals surface area contributed by atoms with Gasteiger partial charge in [-0.1, -0.05) is 23.7 Å². The lowest BCUT2D eigenvalue weighted by atomic mass is 10.1. The SMILES string of the molecule is CCn1c(=O)cc(-c2cccc(Cl)c2)[nH]c1=O. The van der Waals surface area contributed by atoms with Gasteiger partial charge in [-0.3, -0.25) is 9.36 Å². The fourth-order valence-corrected chi connectivity index (χ4v) is 1.82. The Morgan fingerprint density at radius 3 is 2.65 bits per heavy atom. The molecule has 0 saturated heterocycles. The fourth-order valence-electron chi connectivity index (χ4n) is 1.63. The molecule has 88 valence electrons. The van der Waals surface area contributed by atoms with Crippen molar-refractivity contribution in [1.29, 1.82) is 0 Å². The van der Waals surface area contributed by atoms with Crippen molar-refractivity contribution >= 4 is 11.6 Å². The molecule has 2 aromatic rings. The number of rotatable bonds is 2. The molecule has 2 rings (SSSR count). The minimum Gasteiger partial charge on any atom is -0.307 e. The van der Waals surface area contributed by atoms with E-state index in [4.69, 9.17) is 11.6 Å². The predicted octanol–water partition coefficient (Wildman–Crippen LogP) is 1.88. The van der Waals surface area contributed by atoms with E-state index in [1.807, 2.05) is 0 Å². The minimum atomic E-state index is -0.407. The largest absolute Gasteiger partial charge is 0.328 e. The maximum Gasteiger partial charge on any atom is 0.328 e. The lowest BCUT2D eigenvalue weighted by Gasteiger charge is -2.04. The fraction of sp³-hybridized carbons (Fsp3) is 0.167. The zero-order chi connectivity index (χ0) is 12.4. The zero-order valence-electron chi connectivity index (χ0n) is 9.24. The van der Waals surface area contributed by atoms with Gasteiger partial charge >= 0.3 is 5.69 Å². The van der Waals surface area contributed by atoms with Gasteiger partial charge in [-0.15, -0.1) is 0 Å². The van der Waals surface area contributed by atoms with Crippen LogP contribution in [0.15, 0.2) is 39.9 Å². The Morgan fingerprint density at radius 2 is 2.06 bits per heavy atom. The van der Waals surface area contributed by atoms with Crippen molar-refractivity contribution in [2.24, 2.45) is 0 Å². The molecule has 0 spiro atoms. The molecule has 0 bridgehead atoms. The Balaban J connectivity index is 2.63. The van der Waals surface area contributed by atoms with Crippen LogP contribution in [0.5, 0.6) is 0 Å². The van der Waals surface area contributed by atoms with Gasteiger partial charge in [0, 0.05) is 17.6 Å². The number of nitrogens with zero attached hydrogens (tertiary/aromatic N) is 1. The highest BCUT2D eigenvalue weighted by atomic mass is 35.5. The molecule has 1 N–H and O–H groups in total. The normalized spacial score (nSPS) is 10.5. The predicted molar refractivity (Wildman–Crippen MR) is 67.4 cm³/mol. The van der Waals surface area contributed by atoms with E-state index in [1.54, 1.807) is 31.2 Å². The molecule has 0 aliphatic carbocycles. The quantitative estimate of drug-likeness (QED) is 0.885. The van der Waals surface area contributed by atoms with E-state index in [-0.39, 0.29) is 5.56 Å². The van der Waals surface area contributed by atoms with Gasteiger partial charge < -0.3 is 4.98 Å². The van der Waals surface area contributed by atoms with E-state index in [0.717, 1.165) is 10.1 Å². The molecule has 5 heteroatoms. The van der Waals surface area contributed by atoms with Crippen LogP contribution in [0.3, 0.4) is 0 Å². The van der Waals surface area contributed by atoms with Gasteiger partial charge in [-0.2, -0.15) is 0 Å². The van der Waals surface area contributed by atoms with Crippen LogP contribution in [0.2, 0.25) is 5.02 Å². The number of nitrogens with one attached hydrogen (secondary N) is 1. The first-order valence-corrected chi connectivity index (χ1v) is 5.59. The van der Waals surface area contributed by atoms with Crippen molar-refractivity contribution in [3.8, 4) is 11.3 Å². The average molecular weight is 251 g/mol. The average Bonchev–Trinajstić information content (AvgIpc) is 2.28. The number of hydrogen-bond donors (Lipinski definition) is 1. The lowest BCUT2D eigenvalue weighted by molar-refractivity contribution is 0.674. The van der Waals surface area contributed by atoms with Crippen LogP contribution in [-0.4, -0.2) is 9.55 Å². The molecular weight excluding hydrogens is 240 g/mol. The second-order valence-electron chi connectivity index (χ2n) is 3.58. The smallest absolute Gasteiger partial charge is 0.307 e. The summed E-state index contributed by atoms with van der Waals surface area (Å²) in [5, 5.41) is 0.558. The first-order chi connectivity index (χ1) is 8.11. The van der Waals surface area contributed by atoms with Crippen LogP contribution in [0.1, 0.15) is 6.92 Å². The van der Waals surface area contributed by atoms with E-state index in [0.29, 0.717) is 17.3 Å². The molecule has 0 fully saturated rings. The summed E-state index contributed by atoms with van der Waals surface area (Å²) in [4.78, 5) is 25.9. The number of H-pyrrole nitrogens is 1. The molecule has 1 heterocycles. The lowest BCUT2D eigenvalue weighted by Crippen LogP contribution is -2.34. The third-order valence-electron chi connectivity index (χ3n) is 2.47. The van der Waals surface area contributed by atoms with Crippen molar-refractivity contribution in [2.45, 2.75) is 13.5 Å². The molecular formula is C12H11ClN2O2. The van der Waals surface area contributed by atoms with Gasteiger partial charge in [0.1, 0.15) is 0 Å². The van der Waals surface area contributed by atoms with Crippen molar-refractivity contribution < 1.29 is 0 Å². The summed E-state index contributed by atoms with van der Waals surface area (Å²) >= 11 is 5.86. The highest BCUT2D eigenvalue weighted by Gasteiger charge is 2.04. The summed E-state index contributed by atoms with van der Waals surface area (Å²) in [6, 6.07) is 8.38. The third-order valence-corrected chi connectivity index (χ3v) is 2.71. The maximum atomic E-state index is 11.7. The monoisotopic (exact) mass is 250 g/mol. The van der Waals surface area contributed by atoms with Crippen molar-refractivity contribution in [1.82, 2.24) is 9.55 Å². The van der Waals surface area contributed by atoms with Crippen LogP contribution in [-0.2, 0) is 6.54 Å². The van der Waals surface area contributed by atoms with Crippen molar-refractivity contribution in [3.63, 3.8) is 0 Å². The second kappa shape index (κ2) is 4.59. The minimum absolute atomic E-state index is 0.314. The Morgan fingerprint density at radius 1 is 1.29 bits per heavy atom. The summed E-state index contributed by atoms with van der Waals surface area (Å²) in [7, 11) is 0.